The summed E-state index contributed by atoms with van der Waals surface area (Å²) in [5, 5.41) is 3.92. The lowest BCUT2D eigenvalue weighted by atomic mass is 10.1. The van der Waals surface area contributed by atoms with E-state index in [1.165, 1.54) is 6.21 Å². The summed E-state index contributed by atoms with van der Waals surface area (Å²) in [6.45, 7) is 8.13. The molecule has 2 aromatic carbocycles. The fourth-order valence-electron chi connectivity index (χ4n) is 2.73. The van der Waals surface area contributed by atoms with Gasteiger partial charge in [-0.3, -0.25) is 0 Å². The van der Waals surface area contributed by atoms with Crippen molar-refractivity contribution in [2.75, 3.05) is 6.61 Å². The first kappa shape index (κ1) is 19.0. The van der Waals surface area contributed by atoms with Crippen LogP contribution in [0.2, 0.25) is 0 Å². The van der Waals surface area contributed by atoms with Gasteiger partial charge in [-0.1, -0.05) is 36.8 Å². The van der Waals surface area contributed by atoms with Crippen LogP contribution >= 0.6 is 0 Å². The molecule has 1 N–H and O–H groups in total. The number of nitrogens with one attached hydrogen (secondary N) is 1. The Morgan fingerprint density at radius 3 is 2.40 bits per heavy atom. The van der Waals surface area contributed by atoms with Crippen LogP contribution in [0.3, 0.4) is 0 Å². The molecule has 0 aliphatic carbocycles. The number of ether oxygens (including phenoxy) is 1. The van der Waals surface area contributed by atoms with Gasteiger partial charge in [0, 0.05) is 5.56 Å². The Labute approximate surface area is 149 Å². The van der Waals surface area contributed by atoms with E-state index in [1.54, 1.807) is 13.8 Å². The highest BCUT2D eigenvalue weighted by Gasteiger charge is 2.19. The molecular formula is C19H24N2O3S. The van der Waals surface area contributed by atoms with E-state index in [2.05, 4.69) is 9.93 Å². The highest BCUT2D eigenvalue weighted by molar-refractivity contribution is 7.89. The summed E-state index contributed by atoms with van der Waals surface area (Å²) in [7, 11) is -3.73. The van der Waals surface area contributed by atoms with Crippen molar-refractivity contribution in [1.82, 2.24) is 4.83 Å². The van der Waals surface area contributed by atoms with Gasteiger partial charge in [0.05, 0.1) is 17.7 Å². The minimum Gasteiger partial charge on any atom is -0.493 e. The number of aryl methyl sites for hydroxylation is 3. The van der Waals surface area contributed by atoms with E-state index in [1.807, 2.05) is 50.2 Å². The summed E-state index contributed by atoms with van der Waals surface area (Å²) in [5.74, 6) is 0.676. The van der Waals surface area contributed by atoms with Crippen LogP contribution in [0.4, 0.5) is 0 Å². The van der Waals surface area contributed by atoms with Crippen LogP contribution in [-0.4, -0.2) is 21.2 Å². The molecule has 0 bridgehead atoms. The van der Waals surface area contributed by atoms with Crippen LogP contribution in [0, 0.1) is 20.8 Å². The molecule has 0 fully saturated rings. The van der Waals surface area contributed by atoms with Gasteiger partial charge < -0.3 is 4.74 Å². The number of sulfonamides is 1. The Bertz CT molecular complexity index is 851. The van der Waals surface area contributed by atoms with Gasteiger partial charge in [0.1, 0.15) is 5.75 Å². The summed E-state index contributed by atoms with van der Waals surface area (Å²) in [5.41, 5.74) is 3.15. The molecule has 0 saturated carbocycles. The Balaban J connectivity index is 2.22. The van der Waals surface area contributed by atoms with E-state index >= 15 is 0 Å². The zero-order valence-electron chi connectivity index (χ0n) is 15.0. The lowest BCUT2D eigenvalue weighted by Gasteiger charge is -2.11. The largest absolute Gasteiger partial charge is 0.493 e. The summed E-state index contributed by atoms with van der Waals surface area (Å²) < 4.78 is 30.8. The zero-order valence-corrected chi connectivity index (χ0v) is 15.9. The molecule has 0 aromatic heterocycles. The van der Waals surface area contributed by atoms with Crippen molar-refractivity contribution in [1.29, 1.82) is 0 Å². The van der Waals surface area contributed by atoms with Gasteiger partial charge in [-0.05, 0) is 50.5 Å². The summed E-state index contributed by atoms with van der Waals surface area (Å²) in [6, 6.07) is 11.1. The number of nitrogens with zero attached hydrogens (tertiary/aromatic N) is 1. The Hall–Kier alpha value is -2.34. The van der Waals surface area contributed by atoms with Crippen LogP contribution < -0.4 is 9.57 Å². The fourth-order valence-corrected chi connectivity index (χ4v) is 3.98. The van der Waals surface area contributed by atoms with E-state index in [-0.39, 0.29) is 4.90 Å². The fraction of sp³-hybridized carbons (Fsp3) is 0.316. The van der Waals surface area contributed by atoms with Gasteiger partial charge in [-0.2, -0.15) is 13.5 Å². The van der Waals surface area contributed by atoms with E-state index in [0.717, 1.165) is 17.5 Å². The second-order valence-electron chi connectivity index (χ2n) is 5.97. The molecule has 0 heterocycles. The standard InChI is InChI=1S/C19H24N2O3S/c1-5-10-24-18-9-7-6-8-17(18)13-20-21-25(22,23)19-15(3)11-14(2)12-16(19)4/h6-9,11-13,21H,5,10H2,1-4H3/b20-13+. The van der Waals surface area contributed by atoms with Gasteiger partial charge in [0.25, 0.3) is 10.0 Å². The maximum Gasteiger partial charge on any atom is 0.277 e. The molecule has 25 heavy (non-hydrogen) atoms. The Morgan fingerprint density at radius 1 is 1.12 bits per heavy atom. The molecule has 0 unspecified atom stereocenters. The third-order valence-corrected chi connectivity index (χ3v) is 5.16. The Kier molecular flexibility index (Phi) is 6.20. The van der Waals surface area contributed by atoms with Crippen molar-refractivity contribution in [3.63, 3.8) is 0 Å². The molecule has 134 valence electrons. The highest BCUT2D eigenvalue weighted by Crippen LogP contribution is 2.21. The van der Waals surface area contributed by atoms with Gasteiger partial charge in [0.15, 0.2) is 0 Å². The monoisotopic (exact) mass is 360 g/mol. The topological polar surface area (TPSA) is 67.8 Å². The molecule has 6 heteroatoms. The predicted octanol–water partition coefficient (Wildman–Crippen LogP) is 3.71. The van der Waals surface area contributed by atoms with Crippen LogP contribution in [0.15, 0.2) is 46.4 Å². The van der Waals surface area contributed by atoms with Crippen molar-refractivity contribution in [2.45, 2.75) is 39.0 Å². The SMILES string of the molecule is CCCOc1ccccc1/C=N/NS(=O)(=O)c1c(C)cc(C)cc1C. The first-order valence-corrected chi connectivity index (χ1v) is 9.68. The zero-order chi connectivity index (χ0) is 18.4. The van der Waals surface area contributed by atoms with Gasteiger partial charge in [-0.25, -0.2) is 4.83 Å². The maximum atomic E-state index is 12.6. The van der Waals surface area contributed by atoms with Crippen molar-refractivity contribution in [3.05, 3.63) is 58.7 Å². The normalized spacial score (nSPS) is 11.7. The second-order valence-corrected chi connectivity index (χ2v) is 7.56. The van der Waals surface area contributed by atoms with Crippen LogP contribution in [0.25, 0.3) is 0 Å². The third-order valence-electron chi connectivity index (χ3n) is 3.63. The first-order valence-electron chi connectivity index (χ1n) is 8.19. The lowest BCUT2D eigenvalue weighted by molar-refractivity contribution is 0.317. The summed E-state index contributed by atoms with van der Waals surface area (Å²) in [4.78, 5) is 2.56. The van der Waals surface area contributed by atoms with Crippen LogP contribution in [0.5, 0.6) is 5.75 Å². The minimum absolute atomic E-state index is 0.269. The lowest BCUT2D eigenvalue weighted by Crippen LogP contribution is -2.20. The van der Waals surface area contributed by atoms with Crippen LogP contribution in [0.1, 0.15) is 35.6 Å². The molecule has 0 spiro atoms. The first-order chi connectivity index (χ1) is 11.8. The number of benzene rings is 2. The molecule has 2 aromatic rings. The van der Waals surface area contributed by atoms with Gasteiger partial charge >= 0.3 is 0 Å². The van der Waals surface area contributed by atoms with E-state index in [4.69, 9.17) is 4.74 Å². The number of hydrazone groups is 1. The molecule has 0 aliphatic heterocycles. The number of hydrogen-bond acceptors (Lipinski definition) is 4. The van der Waals surface area contributed by atoms with Crippen LogP contribution in [-0.2, 0) is 10.0 Å². The minimum atomic E-state index is -3.73. The predicted molar refractivity (Wildman–Crippen MR) is 101 cm³/mol. The quantitative estimate of drug-likeness (QED) is 0.604. The number of para-hydroxylation sites is 1. The van der Waals surface area contributed by atoms with Gasteiger partial charge in [0.2, 0.25) is 0 Å². The molecule has 0 radical (unpaired) electrons. The van der Waals surface area contributed by atoms with Gasteiger partial charge in [-0.15, -0.1) is 0 Å². The Morgan fingerprint density at radius 2 is 1.76 bits per heavy atom. The summed E-state index contributed by atoms with van der Waals surface area (Å²) in [6.07, 6.45) is 2.35. The second kappa shape index (κ2) is 8.16. The average Bonchev–Trinajstić information content (AvgIpc) is 2.52. The van der Waals surface area contributed by atoms with Crippen molar-refractivity contribution in [3.8, 4) is 5.75 Å². The number of hydrogen-bond donors (Lipinski definition) is 1. The number of rotatable bonds is 7. The highest BCUT2D eigenvalue weighted by atomic mass is 32.2. The summed E-state index contributed by atoms with van der Waals surface area (Å²) >= 11 is 0. The smallest absolute Gasteiger partial charge is 0.277 e. The molecule has 0 saturated heterocycles. The molecule has 0 atom stereocenters. The third kappa shape index (κ3) is 4.82. The van der Waals surface area contributed by atoms with Crippen molar-refractivity contribution >= 4 is 16.2 Å². The molecule has 5 nitrogen and oxygen atoms in total. The molecular weight excluding hydrogens is 336 g/mol. The molecule has 0 amide bonds. The van der Waals surface area contributed by atoms with E-state index in [0.29, 0.717) is 23.5 Å². The molecule has 2 rings (SSSR count). The average molecular weight is 360 g/mol. The van der Waals surface area contributed by atoms with Crippen molar-refractivity contribution in [2.24, 2.45) is 5.10 Å². The van der Waals surface area contributed by atoms with E-state index < -0.39 is 10.0 Å². The molecule has 0 aliphatic rings. The maximum absolute atomic E-state index is 12.6. The van der Waals surface area contributed by atoms with E-state index in [9.17, 15) is 8.42 Å². The van der Waals surface area contributed by atoms with Crippen molar-refractivity contribution < 1.29 is 13.2 Å².